The Kier molecular flexibility index (Phi) is 4.88. The number of aliphatic hydroxyl groups excluding tert-OH is 1. The molecule has 2 aromatic heterocycles. The van der Waals surface area contributed by atoms with Crippen LogP contribution in [0.5, 0.6) is 6.01 Å². The molecule has 1 aliphatic carbocycles. The number of carboxylic acid groups (broad SMARTS) is 1. The zero-order chi connectivity index (χ0) is 20.8. The van der Waals surface area contributed by atoms with Gasteiger partial charge in [0.15, 0.2) is 6.30 Å². The van der Waals surface area contributed by atoms with Crippen molar-refractivity contribution in [3.8, 4) is 6.01 Å². The second-order valence-electron chi connectivity index (χ2n) is 7.86. The third-order valence-electron chi connectivity index (χ3n) is 5.92. The molecular weight excluding hydrogens is 397 g/mol. The van der Waals surface area contributed by atoms with Gasteiger partial charge >= 0.3 is 12.1 Å². The Bertz CT molecular complexity index is 960. The molecule has 5 unspecified atom stereocenters. The van der Waals surface area contributed by atoms with Gasteiger partial charge < -0.3 is 19.7 Å². The third-order valence-corrected chi connectivity index (χ3v) is 5.92. The van der Waals surface area contributed by atoms with E-state index in [2.05, 4.69) is 20.3 Å². The van der Waals surface area contributed by atoms with Crippen LogP contribution in [-0.2, 0) is 4.74 Å². The Morgan fingerprint density at radius 2 is 2.27 bits per heavy atom. The second kappa shape index (κ2) is 7.56. The van der Waals surface area contributed by atoms with Gasteiger partial charge in [-0.1, -0.05) is 0 Å². The highest BCUT2D eigenvalue weighted by Crippen LogP contribution is 2.39. The van der Waals surface area contributed by atoms with Crippen LogP contribution in [0.15, 0.2) is 18.5 Å². The number of nitrogens with one attached hydrogen (secondary N) is 1. The van der Waals surface area contributed by atoms with Crippen LogP contribution in [0.2, 0.25) is 0 Å². The van der Waals surface area contributed by atoms with E-state index in [1.165, 1.54) is 0 Å². The number of halogens is 1. The number of rotatable bonds is 5. The van der Waals surface area contributed by atoms with Crippen LogP contribution in [0.4, 0.5) is 9.18 Å². The first-order valence-electron chi connectivity index (χ1n) is 9.96. The first-order chi connectivity index (χ1) is 14.6. The molecule has 1 amide bonds. The first-order valence-corrected chi connectivity index (χ1v) is 9.96. The van der Waals surface area contributed by atoms with Crippen LogP contribution in [0.25, 0.3) is 10.9 Å². The van der Waals surface area contributed by atoms with Gasteiger partial charge in [0.05, 0.1) is 30.5 Å². The number of hydrogen-bond acceptors (Lipinski definition) is 8. The number of aromatic nitrogens is 3. The van der Waals surface area contributed by atoms with Crippen molar-refractivity contribution in [3.05, 3.63) is 24.2 Å². The maximum atomic E-state index is 14.9. The monoisotopic (exact) mass is 419 g/mol. The minimum Gasteiger partial charge on any atom is -0.465 e. The molecular formula is C19H22FN5O5. The molecule has 10 nitrogen and oxygen atoms in total. The fourth-order valence-corrected chi connectivity index (χ4v) is 4.26. The highest BCUT2D eigenvalue weighted by atomic mass is 19.1. The van der Waals surface area contributed by atoms with E-state index in [0.717, 1.165) is 17.7 Å². The molecule has 0 radical (unpaired) electrons. The van der Waals surface area contributed by atoms with Crippen LogP contribution in [0.3, 0.4) is 0 Å². The van der Waals surface area contributed by atoms with E-state index in [1.54, 1.807) is 18.5 Å². The van der Waals surface area contributed by atoms with Gasteiger partial charge in [-0.2, -0.15) is 9.97 Å². The molecule has 2 saturated heterocycles. The highest BCUT2D eigenvalue weighted by Gasteiger charge is 2.50. The summed E-state index contributed by atoms with van der Waals surface area (Å²) in [6.07, 6.45) is 0.828. The number of morpholine rings is 1. The van der Waals surface area contributed by atoms with Gasteiger partial charge in [0, 0.05) is 24.3 Å². The molecule has 2 aromatic rings. The van der Waals surface area contributed by atoms with E-state index >= 15 is 0 Å². The maximum absolute atomic E-state index is 14.9. The fraction of sp³-hybridized carbons (Fsp3) is 0.579. The molecule has 160 valence electrons. The molecule has 0 spiro atoms. The average molecular weight is 419 g/mol. The summed E-state index contributed by atoms with van der Waals surface area (Å²) in [5.74, 6) is 0.252. The van der Waals surface area contributed by atoms with Crippen LogP contribution >= 0.6 is 0 Å². The third kappa shape index (κ3) is 3.32. The lowest BCUT2D eigenvalue weighted by Gasteiger charge is -2.49. The SMILES string of the molecule is O=C(O)N1C2CNC(F)C1C(c1nc(OC(CO)C3CC3)nc3ccncc13)OC2. The molecule has 3 N–H and O–H groups in total. The zero-order valence-electron chi connectivity index (χ0n) is 16.0. The lowest BCUT2D eigenvalue weighted by atomic mass is 9.95. The molecule has 3 fully saturated rings. The van der Waals surface area contributed by atoms with Crippen molar-refractivity contribution < 1.29 is 28.9 Å². The van der Waals surface area contributed by atoms with Crippen LogP contribution < -0.4 is 10.1 Å². The van der Waals surface area contributed by atoms with E-state index in [9.17, 15) is 19.4 Å². The minimum absolute atomic E-state index is 0.0430. The summed E-state index contributed by atoms with van der Waals surface area (Å²) in [7, 11) is 0. The van der Waals surface area contributed by atoms with Gasteiger partial charge in [-0.15, -0.1) is 0 Å². The van der Waals surface area contributed by atoms with E-state index in [0.29, 0.717) is 16.6 Å². The molecule has 0 aromatic carbocycles. The smallest absolute Gasteiger partial charge is 0.408 e. The number of amides is 1. The lowest BCUT2D eigenvalue weighted by Crippen LogP contribution is -2.68. The molecule has 5 rings (SSSR count). The summed E-state index contributed by atoms with van der Waals surface area (Å²) in [4.78, 5) is 26.0. The fourth-order valence-electron chi connectivity index (χ4n) is 4.26. The number of aliphatic hydroxyl groups is 1. The van der Waals surface area contributed by atoms with Crippen LogP contribution in [0, 0.1) is 5.92 Å². The summed E-state index contributed by atoms with van der Waals surface area (Å²) in [5, 5.41) is 22.6. The summed E-state index contributed by atoms with van der Waals surface area (Å²) >= 11 is 0. The second-order valence-corrected chi connectivity index (χ2v) is 7.86. The van der Waals surface area contributed by atoms with Crippen molar-refractivity contribution in [2.45, 2.75) is 43.4 Å². The topological polar surface area (TPSA) is 130 Å². The Hall–Kier alpha value is -2.63. The summed E-state index contributed by atoms with van der Waals surface area (Å²) in [6.45, 7) is 0.123. The quantitative estimate of drug-likeness (QED) is 0.604. The van der Waals surface area contributed by atoms with Crippen LogP contribution in [-0.4, -0.2) is 80.4 Å². The van der Waals surface area contributed by atoms with Gasteiger partial charge in [0.1, 0.15) is 18.2 Å². The zero-order valence-corrected chi connectivity index (χ0v) is 16.0. The number of ether oxygens (including phenoxy) is 2. The van der Waals surface area contributed by atoms with Crippen molar-refractivity contribution in [1.29, 1.82) is 0 Å². The predicted molar refractivity (Wildman–Crippen MR) is 101 cm³/mol. The van der Waals surface area contributed by atoms with E-state index in [1.807, 2.05) is 0 Å². The Morgan fingerprint density at radius 1 is 1.43 bits per heavy atom. The molecule has 2 bridgehead atoms. The van der Waals surface area contributed by atoms with Crippen molar-refractivity contribution >= 4 is 17.0 Å². The number of piperazine rings is 1. The largest absolute Gasteiger partial charge is 0.465 e. The van der Waals surface area contributed by atoms with Crippen molar-refractivity contribution in [3.63, 3.8) is 0 Å². The predicted octanol–water partition coefficient (Wildman–Crippen LogP) is 0.862. The minimum atomic E-state index is -1.62. The van der Waals surface area contributed by atoms with Gasteiger partial charge in [0.25, 0.3) is 0 Å². The molecule has 11 heteroatoms. The van der Waals surface area contributed by atoms with Gasteiger partial charge in [0.2, 0.25) is 0 Å². The standard InChI is InChI=1S/C19H22FN5O5/c20-17-15-16(29-8-10(5-22-17)25(15)19(27)28)14-11-6-21-4-3-12(11)23-18(24-14)30-13(7-26)9-1-2-9/h3-4,6,9-10,13,15-17,22,26H,1-2,5,7-8H2,(H,27,28). The number of hydrogen-bond donors (Lipinski definition) is 3. The number of carbonyl (C=O) groups is 1. The Balaban J connectivity index is 1.57. The summed E-state index contributed by atoms with van der Waals surface area (Å²) in [6, 6.07) is 0.122. The molecule has 2 aliphatic heterocycles. The van der Waals surface area contributed by atoms with E-state index < -0.39 is 36.7 Å². The molecule has 1 saturated carbocycles. The molecule has 5 atom stereocenters. The average Bonchev–Trinajstić information content (AvgIpc) is 3.59. The normalized spacial score (nSPS) is 29.6. The summed E-state index contributed by atoms with van der Waals surface area (Å²) in [5.41, 5.74) is 0.834. The number of fused-ring (bicyclic) bond motifs is 3. The van der Waals surface area contributed by atoms with Gasteiger partial charge in [-0.05, 0) is 24.8 Å². The number of alkyl halides is 1. The maximum Gasteiger partial charge on any atom is 0.408 e. The van der Waals surface area contributed by atoms with Gasteiger partial charge in [-0.3, -0.25) is 15.2 Å². The molecule has 3 aliphatic rings. The van der Waals surface area contributed by atoms with Crippen molar-refractivity contribution in [2.24, 2.45) is 5.92 Å². The van der Waals surface area contributed by atoms with Crippen molar-refractivity contribution in [1.82, 2.24) is 25.2 Å². The van der Waals surface area contributed by atoms with E-state index in [-0.39, 0.29) is 31.7 Å². The lowest BCUT2D eigenvalue weighted by molar-refractivity contribution is -0.139. The highest BCUT2D eigenvalue weighted by molar-refractivity contribution is 5.80. The van der Waals surface area contributed by atoms with Crippen LogP contribution in [0.1, 0.15) is 24.6 Å². The molecule has 4 heterocycles. The van der Waals surface area contributed by atoms with Gasteiger partial charge in [-0.25, -0.2) is 9.18 Å². The first kappa shape index (κ1) is 19.3. The Labute approximate surface area is 171 Å². The number of pyridine rings is 1. The van der Waals surface area contributed by atoms with E-state index in [4.69, 9.17) is 9.47 Å². The van der Waals surface area contributed by atoms with Crippen molar-refractivity contribution in [2.75, 3.05) is 19.8 Å². The summed E-state index contributed by atoms with van der Waals surface area (Å²) < 4.78 is 26.6. The number of nitrogens with zero attached hydrogens (tertiary/aromatic N) is 4. The Morgan fingerprint density at radius 3 is 3.00 bits per heavy atom. The molecule has 30 heavy (non-hydrogen) atoms.